The minimum Gasteiger partial charge on any atom is -0.486 e. The molecule has 1 fully saturated rings. The Labute approximate surface area is 188 Å². The number of esters is 1. The van der Waals surface area contributed by atoms with Gasteiger partial charge in [0.25, 0.3) is 0 Å². The molecule has 1 aliphatic heterocycles. The molecule has 0 aromatic heterocycles. The highest BCUT2D eigenvalue weighted by Gasteiger charge is 2.44. The summed E-state index contributed by atoms with van der Waals surface area (Å²) in [6.07, 6.45) is -6.71. The molecule has 5 atom stereocenters. The molecular weight excluding hydrogens is 451 g/mol. The summed E-state index contributed by atoms with van der Waals surface area (Å²) in [7, 11) is 1.27. The fraction of sp³-hybridized carbons (Fsp3) is 0.381. The van der Waals surface area contributed by atoms with Crippen LogP contribution >= 0.6 is 23.2 Å². The van der Waals surface area contributed by atoms with E-state index in [2.05, 4.69) is 0 Å². The number of ether oxygens (including phenoxy) is 4. The van der Waals surface area contributed by atoms with Crippen molar-refractivity contribution in [1.82, 2.24) is 0 Å². The predicted molar refractivity (Wildman–Crippen MR) is 111 cm³/mol. The second-order valence-corrected chi connectivity index (χ2v) is 7.71. The third kappa shape index (κ3) is 5.67. The van der Waals surface area contributed by atoms with Crippen LogP contribution in [-0.4, -0.2) is 65.7 Å². The summed E-state index contributed by atoms with van der Waals surface area (Å²) in [5.41, 5.74) is 0.988. The largest absolute Gasteiger partial charge is 0.486 e. The normalized spacial score (nSPS) is 25.8. The average molecular weight is 473 g/mol. The van der Waals surface area contributed by atoms with E-state index in [1.165, 1.54) is 19.2 Å². The Morgan fingerprint density at radius 1 is 1.03 bits per heavy atom. The lowest BCUT2D eigenvalue weighted by molar-refractivity contribution is -0.294. The Morgan fingerprint density at radius 2 is 1.68 bits per heavy atom. The molecule has 0 amide bonds. The van der Waals surface area contributed by atoms with Crippen molar-refractivity contribution >= 4 is 29.2 Å². The van der Waals surface area contributed by atoms with Crippen LogP contribution in [0.15, 0.2) is 42.5 Å². The van der Waals surface area contributed by atoms with Gasteiger partial charge in [-0.25, -0.2) is 4.79 Å². The Morgan fingerprint density at radius 3 is 2.29 bits per heavy atom. The molecule has 2 aromatic carbocycles. The molecule has 3 rings (SSSR count). The van der Waals surface area contributed by atoms with E-state index >= 15 is 0 Å². The first-order valence-electron chi connectivity index (χ1n) is 9.37. The lowest BCUT2D eigenvalue weighted by Gasteiger charge is -2.39. The zero-order chi connectivity index (χ0) is 22.5. The van der Waals surface area contributed by atoms with E-state index in [4.69, 9.17) is 42.1 Å². The van der Waals surface area contributed by atoms with E-state index in [0.717, 1.165) is 5.56 Å². The molecule has 8 nitrogen and oxygen atoms in total. The zero-order valence-electron chi connectivity index (χ0n) is 16.5. The summed E-state index contributed by atoms with van der Waals surface area (Å²) in [4.78, 5) is 12.4. The highest BCUT2D eigenvalue weighted by atomic mass is 35.5. The summed E-state index contributed by atoms with van der Waals surface area (Å²) in [5, 5.41) is 30.0. The summed E-state index contributed by atoms with van der Waals surface area (Å²) >= 11 is 12.5. The van der Waals surface area contributed by atoms with Crippen molar-refractivity contribution in [2.45, 2.75) is 37.3 Å². The van der Waals surface area contributed by atoms with Crippen LogP contribution in [-0.2, 0) is 20.8 Å². The Hall–Kier alpha value is -1.91. The van der Waals surface area contributed by atoms with Gasteiger partial charge in [0.15, 0.2) is 12.0 Å². The highest BCUT2D eigenvalue weighted by Crippen LogP contribution is 2.35. The van der Waals surface area contributed by atoms with E-state index in [9.17, 15) is 20.1 Å². The first-order chi connectivity index (χ1) is 14.8. The fourth-order valence-electron chi connectivity index (χ4n) is 3.04. The average Bonchev–Trinajstić information content (AvgIpc) is 2.77. The summed E-state index contributed by atoms with van der Waals surface area (Å²) in [6.45, 7) is -0.152. The second-order valence-electron chi connectivity index (χ2n) is 6.89. The highest BCUT2D eigenvalue weighted by molar-refractivity contribution is 6.37. The second kappa shape index (κ2) is 10.6. The van der Waals surface area contributed by atoms with Gasteiger partial charge >= 0.3 is 5.97 Å². The van der Waals surface area contributed by atoms with E-state index in [-0.39, 0.29) is 28.0 Å². The van der Waals surface area contributed by atoms with E-state index in [1.54, 1.807) is 0 Å². The first kappa shape index (κ1) is 23.7. The molecule has 0 radical (unpaired) electrons. The molecule has 0 saturated carbocycles. The number of carbonyl (C=O) groups is 1. The molecule has 1 heterocycles. The van der Waals surface area contributed by atoms with Gasteiger partial charge in [-0.15, -0.1) is 0 Å². The maximum atomic E-state index is 12.4. The van der Waals surface area contributed by atoms with E-state index in [0.29, 0.717) is 0 Å². The van der Waals surface area contributed by atoms with Crippen molar-refractivity contribution in [2.24, 2.45) is 0 Å². The predicted octanol–water partition coefficient (Wildman–Crippen LogP) is 2.18. The lowest BCUT2D eigenvalue weighted by Crippen LogP contribution is -2.59. The molecule has 10 heteroatoms. The van der Waals surface area contributed by atoms with Gasteiger partial charge in [-0.2, -0.15) is 0 Å². The Kier molecular flexibility index (Phi) is 8.12. The first-order valence-corrected chi connectivity index (χ1v) is 10.1. The van der Waals surface area contributed by atoms with Crippen LogP contribution in [0.3, 0.4) is 0 Å². The fourth-order valence-corrected chi connectivity index (χ4v) is 3.63. The van der Waals surface area contributed by atoms with Crippen molar-refractivity contribution in [3.63, 3.8) is 0 Å². The van der Waals surface area contributed by atoms with Gasteiger partial charge in [0.2, 0.25) is 0 Å². The van der Waals surface area contributed by atoms with Crippen LogP contribution in [0.1, 0.15) is 15.9 Å². The molecule has 1 aliphatic rings. The maximum absolute atomic E-state index is 12.4. The van der Waals surface area contributed by atoms with Gasteiger partial charge in [0, 0.05) is 7.11 Å². The number of hydrogen-bond donors (Lipinski definition) is 3. The van der Waals surface area contributed by atoms with Crippen LogP contribution in [0, 0.1) is 0 Å². The molecule has 3 N–H and O–H groups in total. The van der Waals surface area contributed by atoms with Gasteiger partial charge in [0.05, 0.1) is 15.6 Å². The van der Waals surface area contributed by atoms with Crippen molar-refractivity contribution in [3.8, 4) is 5.75 Å². The van der Waals surface area contributed by atoms with E-state index < -0.39 is 43.3 Å². The molecule has 0 aliphatic carbocycles. The molecule has 0 unspecified atom stereocenters. The van der Waals surface area contributed by atoms with Gasteiger partial charge < -0.3 is 34.3 Å². The van der Waals surface area contributed by atoms with Gasteiger partial charge in [0.1, 0.15) is 37.6 Å². The quantitative estimate of drug-likeness (QED) is 0.525. The third-order valence-corrected chi connectivity index (χ3v) is 5.30. The number of carbonyl (C=O) groups excluding carboxylic acids is 1. The van der Waals surface area contributed by atoms with Gasteiger partial charge in [-0.3, -0.25) is 0 Å². The summed E-state index contributed by atoms with van der Waals surface area (Å²) in [6, 6.07) is 12.1. The summed E-state index contributed by atoms with van der Waals surface area (Å²) in [5.74, 6) is -0.543. The minimum absolute atomic E-state index is 0.0660. The van der Waals surface area contributed by atoms with Gasteiger partial charge in [-0.1, -0.05) is 53.5 Å². The number of aliphatic hydroxyl groups excluding tert-OH is 3. The van der Waals surface area contributed by atoms with E-state index in [1.807, 2.05) is 30.3 Å². The monoisotopic (exact) mass is 472 g/mol. The van der Waals surface area contributed by atoms with Crippen molar-refractivity contribution in [1.29, 1.82) is 0 Å². The number of methoxy groups -OCH3 is 1. The van der Waals surface area contributed by atoms with Crippen LogP contribution in [0.5, 0.6) is 5.75 Å². The van der Waals surface area contributed by atoms with Crippen LogP contribution in [0.4, 0.5) is 0 Å². The lowest BCUT2D eigenvalue weighted by atomic mass is 9.99. The van der Waals surface area contributed by atoms with Gasteiger partial charge in [-0.05, 0) is 17.7 Å². The SMILES string of the molecule is CO[C@H]1O[C@H](COC(=O)c2cc(Cl)c(OCc3ccccc3)c(Cl)c2)[C@@H](O)[C@H](O)[C@H]1O. The number of benzene rings is 2. The zero-order valence-corrected chi connectivity index (χ0v) is 18.0. The third-order valence-electron chi connectivity index (χ3n) is 4.74. The number of rotatable bonds is 7. The number of aliphatic hydroxyl groups is 3. The Balaban J connectivity index is 1.63. The van der Waals surface area contributed by atoms with Crippen molar-refractivity contribution in [2.75, 3.05) is 13.7 Å². The number of hydrogen-bond acceptors (Lipinski definition) is 8. The van der Waals surface area contributed by atoms with Crippen LogP contribution in [0.25, 0.3) is 0 Å². The molecule has 0 spiro atoms. The molecule has 0 bridgehead atoms. The molecule has 2 aromatic rings. The molecular formula is C21H22Cl2O8. The van der Waals surface area contributed by atoms with Crippen LogP contribution in [0.2, 0.25) is 10.0 Å². The summed E-state index contributed by atoms with van der Waals surface area (Å²) < 4.78 is 21.1. The maximum Gasteiger partial charge on any atom is 0.338 e. The number of halogens is 2. The Bertz CT molecular complexity index is 869. The minimum atomic E-state index is -1.52. The standard InChI is InChI=1S/C21H22Cl2O8/c1-28-21-18(26)17(25)16(24)15(31-21)10-30-20(27)12-7-13(22)19(14(23)8-12)29-9-11-5-3-2-4-6-11/h2-8,15-18,21,24-26H,9-10H2,1H3/t15-,16-,17+,18-,21+/m1/s1. The molecule has 31 heavy (non-hydrogen) atoms. The smallest absolute Gasteiger partial charge is 0.338 e. The molecule has 1 saturated heterocycles. The van der Waals surface area contributed by atoms with Crippen LogP contribution < -0.4 is 4.74 Å². The topological polar surface area (TPSA) is 115 Å². The van der Waals surface area contributed by atoms with Crippen molar-refractivity contribution < 1.29 is 39.1 Å². The molecule has 168 valence electrons. The van der Waals surface area contributed by atoms with Crippen molar-refractivity contribution in [3.05, 3.63) is 63.6 Å².